The summed E-state index contributed by atoms with van der Waals surface area (Å²) in [5, 5.41) is 2.55. The van der Waals surface area contributed by atoms with E-state index in [2.05, 4.69) is 21.2 Å². The molecule has 2 unspecified atom stereocenters. The van der Waals surface area contributed by atoms with E-state index in [1.807, 2.05) is 13.8 Å². The molecule has 39 heavy (non-hydrogen) atoms. The third-order valence-corrected chi connectivity index (χ3v) is 10.1. The van der Waals surface area contributed by atoms with Crippen LogP contribution in [-0.4, -0.2) is 40.1 Å². The molecular weight excluding hydrogens is 606 g/mol. The van der Waals surface area contributed by atoms with Crippen molar-refractivity contribution in [2.75, 3.05) is 16.8 Å². The van der Waals surface area contributed by atoms with E-state index in [-0.39, 0.29) is 29.8 Å². The fourth-order valence-electron chi connectivity index (χ4n) is 4.86. The second-order valence-corrected chi connectivity index (χ2v) is 12.7. The predicted octanol–water partition coefficient (Wildman–Crippen LogP) is 4.43. The Labute approximate surface area is 240 Å². The summed E-state index contributed by atoms with van der Waals surface area (Å²) in [7, 11) is 0. The molecule has 12 heteroatoms. The van der Waals surface area contributed by atoms with Crippen molar-refractivity contribution >= 4 is 74.1 Å². The lowest BCUT2D eigenvalue weighted by Gasteiger charge is -2.36. The number of anilines is 2. The maximum absolute atomic E-state index is 13.5. The molecule has 3 aromatic rings. The quantitative estimate of drug-likeness (QED) is 0.317. The summed E-state index contributed by atoms with van der Waals surface area (Å²) in [6, 6.07) is 13.2. The Morgan fingerprint density at radius 3 is 2.33 bits per heavy atom. The number of aromatic nitrogens is 1. The van der Waals surface area contributed by atoms with E-state index in [1.54, 1.807) is 55.5 Å². The molecule has 0 bridgehead atoms. The minimum Gasteiger partial charge on any atom is -0.462 e. The Hall–Kier alpha value is -3.22. The van der Waals surface area contributed by atoms with Gasteiger partial charge < -0.3 is 10.1 Å². The van der Waals surface area contributed by atoms with Gasteiger partial charge in [0, 0.05) is 20.5 Å². The second-order valence-electron chi connectivity index (χ2n) is 9.66. The first-order chi connectivity index (χ1) is 18.5. The van der Waals surface area contributed by atoms with Gasteiger partial charge in [0.05, 0.1) is 28.8 Å². The van der Waals surface area contributed by atoms with Crippen LogP contribution in [0.2, 0.25) is 0 Å². The number of benzene rings is 2. The number of thiazole rings is 1. The summed E-state index contributed by atoms with van der Waals surface area (Å²) in [4.78, 5) is 66.4. The Morgan fingerprint density at radius 1 is 1.03 bits per heavy atom. The Bertz CT molecular complexity index is 1540. The highest BCUT2D eigenvalue weighted by Crippen LogP contribution is 2.54. The molecule has 1 saturated heterocycles. The number of hydrogen-bond donors (Lipinski definition) is 1. The molecule has 0 aliphatic carbocycles. The fourth-order valence-corrected chi connectivity index (χ4v) is 8.16. The van der Waals surface area contributed by atoms with Crippen LogP contribution in [0.1, 0.15) is 36.0 Å². The highest BCUT2D eigenvalue weighted by atomic mass is 79.9. The lowest BCUT2D eigenvalue weighted by Crippen LogP contribution is -2.41. The van der Waals surface area contributed by atoms with E-state index >= 15 is 0 Å². The number of hydrogen-bond acceptors (Lipinski definition) is 8. The SMILES string of the molecule is CCOC(=O)c1ccc(NC(=O)Cn2c3c(sc2=O)C(C)(C)C2C(=O)N(c4ccc(Br)cc4)C(=O)C2S3)cc1. The number of carbonyl (C=O) groups is 4. The number of imide groups is 1. The van der Waals surface area contributed by atoms with Crippen molar-refractivity contribution in [2.45, 2.75) is 43.0 Å². The molecule has 2 aromatic carbocycles. The molecule has 2 aliphatic heterocycles. The smallest absolute Gasteiger partial charge is 0.338 e. The van der Waals surface area contributed by atoms with Crippen LogP contribution in [0.4, 0.5) is 11.4 Å². The third kappa shape index (κ3) is 4.85. The average molecular weight is 631 g/mol. The van der Waals surface area contributed by atoms with Crippen LogP contribution in [0.15, 0.2) is 62.8 Å². The van der Waals surface area contributed by atoms with Crippen LogP contribution < -0.4 is 15.1 Å². The zero-order valence-electron chi connectivity index (χ0n) is 21.2. The number of fused-ring (bicyclic) bond motifs is 2. The zero-order chi connectivity index (χ0) is 28.1. The van der Waals surface area contributed by atoms with Crippen LogP contribution in [0.25, 0.3) is 0 Å². The van der Waals surface area contributed by atoms with E-state index in [9.17, 15) is 24.0 Å². The van der Waals surface area contributed by atoms with E-state index in [0.717, 1.165) is 15.8 Å². The van der Waals surface area contributed by atoms with Gasteiger partial charge in [-0.2, -0.15) is 0 Å². The van der Waals surface area contributed by atoms with Gasteiger partial charge in [-0.15, -0.1) is 0 Å². The maximum Gasteiger partial charge on any atom is 0.338 e. The van der Waals surface area contributed by atoms with Gasteiger partial charge in [-0.1, -0.05) is 52.9 Å². The third-order valence-electron chi connectivity index (χ3n) is 6.77. The second kappa shape index (κ2) is 10.4. The number of carbonyl (C=O) groups excluding carboxylic acids is 4. The molecule has 202 valence electrons. The molecule has 3 amide bonds. The average Bonchev–Trinajstić information content (AvgIpc) is 3.34. The summed E-state index contributed by atoms with van der Waals surface area (Å²) < 4.78 is 7.16. The van der Waals surface area contributed by atoms with Gasteiger partial charge >= 0.3 is 10.8 Å². The molecule has 2 atom stereocenters. The van der Waals surface area contributed by atoms with Gasteiger partial charge in [-0.25, -0.2) is 9.69 Å². The highest BCUT2D eigenvalue weighted by molar-refractivity contribution is 9.10. The van der Waals surface area contributed by atoms with Gasteiger partial charge in [0.2, 0.25) is 17.7 Å². The predicted molar refractivity (Wildman–Crippen MR) is 152 cm³/mol. The molecule has 1 N–H and O–H groups in total. The van der Waals surface area contributed by atoms with Gasteiger partial charge in [0.25, 0.3) is 0 Å². The zero-order valence-corrected chi connectivity index (χ0v) is 24.4. The Balaban J connectivity index is 1.39. The van der Waals surface area contributed by atoms with Crippen LogP contribution in [0, 0.1) is 5.92 Å². The Morgan fingerprint density at radius 2 is 1.69 bits per heavy atom. The van der Waals surface area contributed by atoms with E-state index < -0.39 is 28.5 Å². The lowest BCUT2D eigenvalue weighted by molar-refractivity contribution is -0.123. The molecule has 0 radical (unpaired) electrons. The summed E-state index contributed by atoms with van der Waals surface area (Å²) in [6.07, 6.45) is 0. The van der Waals surface area contributed by atoms with Crippen LogP contribution in [0.5, 0.6) is 0 Å². The molecule has 1 fully saturated rings. The number of rotatable bonds is 6. The number of halogens is 1. The van der Waals surface area contributed by atoms with E-state index in [0.29, 0.717) is 26.8 Å². The first kappa shape index (κ1) is 27.4. The molecule has 3 heterocycles. The largest absolute Gasteiger partial charge is 0.462 e. The lowest BCUT2D eigenvalue weighted by atomic mass is 9.76. The van der Waals surface area contributed by atoms with Crippen LogP contribution in [0.3, 0.4) is 0 Å². The number of esters is 1. The highest BCUT2D eigenvalue weighted by Gasteiger charge is 2.59. The monoisotopic (exact) mass is 629 g/mol. The van der Waals surface area contributed by atoms with Crippen molar-refractivity contribution in [2.24, 2.45) is 5.92 Å². The van der Waals surface area contributed by atoms with Crippen molar-refractivity contribution in [3.8, 4) is 0 Å². The number of amides is 3. The first-order valence-corrected chi connectivity index (χ1v) is 14.6. The first-order valence-electron chi connectivity index (χ1n) is 12.1. The molecular formula is C27H24BrN3O6S2. The molecule has 5 rings (SSSR count). The van der Waals surface area contributed by atoms with Crippen molar-refractivity contribution in [1.82, 2.24) is 4.57 Å². The van der Waals surface area contributed by atoms with E-state index in [1.165, 1.54) is 21.2 Å². The molecule has 0 saturated carbocycles. The number of nitrogens with zero attached hydrogens (tertiary/aromatic N) is 2. The van der Waals surface area contributed by atoms with Gasteiger partial charge in [-0.3, -0.25) is 23.7 Å². The molecule has 2 aliphatic rings. The number of nitrogens with one attached hydrogen (secondary N) is 1. The standard InChI is InChI=1S/C27H24BrN3O6S2/c1-4-37-25(35)14-5-9-16(10-6-14)29-18(32)13-30-24-21(39-26(30)36)27(2,3)19-20(38-24)23(34)31(22(19)33)17-11-7-15(28)8-12-17/h5-12,19-20H,4,13H2,1-3H3,(H,29,32). The Kier molecular flexibility index (Phi) is 7.29. The van der Waals surface area contributed by atoms with Crippen molar-refractivity contribution in [3.63, 3.8) is 0 Å². The molecule has 1 aromatic heterocycles. The number of ether oxygens (including phenoxy) is 1. The van der Waals surface area contributed by atoms with Gasteiger partial charge in [0.1, 0.15) is 11.8 Å². The van der Waals surface area contributed by atoms with Crippen molar-refractivity contribution in [3.05, 3.63) is 73.1 Å². The van der Waals surface area contributed by atoms with Crippen molar-refractivity contribution in [1.29, 1.82) is 0 Å². The molecule has 0 spiro atoms. The summed E-state index contributed by atoms with van der Waals surface area (Å²) in [5.41, 5.74) is 0.517. The van der Waals surface area contributed by atoms with E-state index in [4.69, 9.17) is 4.74 Å². The minimum atomic E-state index is -0.795. The van der Waals surface area contributed by atoms with Gasteiger partial charge in [-0.05, 0) is 55.5 Å². The number of thioether (sulfide) groups is 1. The fraction of sp³-hybridized carbons (Fsp3) is 0.296. The maximum atomic E-state index is 13.5. The van der Waals surface area contributed by atoms with Crippen LogP contribution in [-0.2, 0) is 31.1 Å². The summed E-state index contributed by atoms with van der Waals surface area (Å²) in [6.45, 7) is 5.45. The summed E-state index contributed by atoms with van der Waals surface area (Å²) >= 11 is 5.54. The minimum absolute atomic E-state index is 0.259. The van der Waals surface area contributed by atoms with Gasteiger partial charge in [0.15, 0.2) is 0 Å². The summed E-state index contributed by atoms with van der Waals surface area (Å²) in [5.74, 6) is -2.18. The van der Waals surface area contributed by atoms with Crippen LogP contribution >= 0.6 is 39.0 Å². The van der Waals surface area contributed by atoms with Crippen molar-refractivity contribution < 1.29 is 23.9 Å². The normalized spacial score (nSPS) is 19.4. The topological polar surface area (TPSA) is 115 Å². The molecule has 9 nitrogen and oxygen atoms in total.